The highest BCUT2D eigenvalue weighted by Gasteiger charge is 2.33. The van der Waals surface area contributed by atoms with Crippen LogP contribution >= 0.6 is 0 Å². The molecule has 0 spiro atoms. The SMILES string of the molecule is CCCCCN1CC(C(=O)NCCc2ccc(S(N)(=O)=O)cc2)CC1=O. The molecule has 1 aromatic rings. The number of carbonyl (C=O) groups is 2. The van der Waals surface area contributed by atoms with E-state index in [0.717, 1.165) is 31.4 Å². The maximum atomic E-state index is 12.3. The zero-order valence-corrected chi connectivity index (χ0v) is 15.9. The van der Waals surface area contributed by atoms with Crippen LogP contribution in [0.25, 0.3) is 0 Å². The lowest BCUT2D eigenvalue weighted by Crippen LogP contribution is -2.34. The molecule has 1 aliphatic rings. The van der Waals surface area contributed by atoms with Crippen molar-refractivity contribution in [3.05, 3.63) is 29.8 Å². The van der Waals surface area contributed by atoms with Crippen LogP contribution in [0.2, 0.25) is 0 Å². The lowest BCUT2D eigenvalue weighted by molar-refractivity contribution is -0.129. The third-order valence-electron chi connectivity index (χ3n) is 4.58. The van der Waals surface area contributed by atoms with Crippen molar-refractivity contribution >= 4 is 21.8 Å². The van der Waals surface area contributed by atoms with Gasteiger partial charge in [0.2, 0.25) is 21.8 Å². The Morgan fingerprint density at radius 3 is 2.58 bits per heavy atom. The van der Waals surface area contributed by atoms with Gasteiger partial charge in [-0.25, -0.2) is 13.6 Å². The van der Waals surface area contributed by atoms with Gasteiger partial charge in [-0.05, 0) is 30.5 Å². The predicted molar refractivity (Wildman–Crippen MR) is 98.7 cm³/mol. The lowest BCUT2D eigenvalue weighted by atomic mass is 10.1. The second-order valence-electron chi connectivity index (χ2n) is 6.68. The Kier molecular flexibility index (Phi) is 7.16. The fraction of sp³-hybridized carbons (Fsp3) is 0.556. The van der Waals surface area contributed by atoms with E-state index in [1.807, 2.05) is 0 Å². The van der Waals surface area contributed by atoms with Crippen molar-refractivity contribution in [2.45, 2.75) is 43.9 Å². The predicted octanol–water partition coefficient (Wildman–Crippen LogP) is 1.03. The largest absolute Gasteiger partial charge is 0.355 e. The number of unbranched alkanes of at least 4 members (excludes halogenated alkanes) is 2. The van der Waals surface area contributed by atoms with E-state index >= 15 is 0 Å². The maximum Gasteiger partial charge on any atom is 0.238 e. The molecule has 0 bridgehead atoms. The van der Waals surface area contributed by atoms with Crippen LogP contribution in [0, 0.1) is 5.92 Å². The number of carbonyl (C=O) groups excluding carboxylic acids is 2. The Morgan fingerprint density at radius 1 is 1.27 bits per heavy atom. The van der Waals surface area contributed by atoms with E-state index in [9.17, 15) is 18.0 Å². The first-order valence-corrected chi connectivity index (χ1v) is 10.5. The van der Waals surface area contributed by atoms with Crippen LogP contribution in [-0.4, -0.2) is 44.8 Å². The van der Waals surface area contributed by atoms with Crippen LogP contribution in [0.1, 0.15) is 38.2 Å². The van der Waals surface area contributed by atoms with E-state index < -0.39 is 10.0 Å². The molecule has 0 aromatic heterocycles. The molecular formula is C18H27N3O4S. The quantitative estimate of drug-likeness (QED) is 0.623. The normalized spacial score (nSPS) is 17.5. The van der Waals surface area contributed by atoms with E-state index in [4.69, 9.17) is 5.14 Å². The Labute approximate surface area is 155 Å². The Bertz CT molecular complexity index is 731. The molecule has 1 aliphatic heterocycles. The van der Waals surface area contributed by atoms with Crippen LogP contribution in [-0.2, 0) is 26.0 Å². The average molecular weight is 381 g/mol. The van der Waals surface area contributed by atoms with Crippen molar-refractivity contribution < 1.29 is 18.0 Å². The first kappa shape index (κ1) is 20.4. The Hall–Kier alpha value is -1.93. The third kappa shape index (κ3) is 5.81. The van der Waals surface area contributed by atoms with Crippen LogP contribution in [0.3, 0.4) is 0 Å². The summed E-state index contributed by atoms with van der Waals surface area (Å²) in [4.78, 5) is 26.1. The molecule has 1 fully saturated rings. The van der Waals surface area contributed by atoms with Crippen molar-refractivity contribution in [2.24, 2.45) is 11.1 Å². The summed E-state index contributed by atoms with van der Waals surface area (Å²) in [5, 5.41) is 7.93. The summed E-state index contributed by atoms with van der Waals surface area (Å²) in [5.41, 5.74) is 0.904. The molecule has 1 aromatic carbocycles. The van der Waals surface area contributed by atoms with Crippen LogP contribution in [0.15, 0.2) is 29.2 Å². The summed E-state index contributed by atoms with van der Waals surface area (Å²) >= 11 is 0. The van der Waals surface area contributed by atoms with Gasteiger partial charge < -0.3 is 10.2 Å². The lowest BCUT2D eigenvalue weighted by Gasteiger charge is -2.16. The molecular weight excluding hydrogens is 354 g/mol. The molecule has 0 saturated carbocycles. The van der Waals surface area contributed by atoms with Gasteiger partial charge in [-0.2, -0.15) is 0 Å². The number of likely N-dealkylation sites (tertiary alicyclic amines) is 1. The highest BCUT2D eigenvalue weighted by Crippen LogP contribution is 2.18. The van der Waals surface area contributed by atoms with Crippen molar-refractivity contribution in [3.63, 3.8) is 0 Å². The Balaban J connectivity index is 1.76. The van der Waals surface area contributed by atoms with Gasteiger partial charge in [-0.3, -0.25) is 9.59 Å². The number of nitrogens with one attached hydrogen (secondary N) is 1. The average Bonchev–Trinajstić information content (AvgIpc) is 2.96. The number of hydrogen-bond donors (Lipinski definition) is 2. The zero-order chi connectivity index (χ0) is 19.2. The molecule has 0 aliphatic carbocycles. The topological polar surface area (TPSA) is 110 Å². The standard InChI is InChI=1S/C18H27N3O4S/c1-2-3-4-11-21-13-15(12-17(21)22)18(23)20-10-9-14-5-7-16(8-6-14)26(19,24)25/h5-8,15H,2-4,9-13H2,1H3,(H,20,23)(H2,19,24,25). The molecule has 2 rings (SSSR count). The maximum absolute atomic E-state index is 12.3. The molecule has 7 nitrogen and oxygen atoms in total. The van der Waals surface area contributed by atoms with Crippen molar-refractivity contribution in [1.82, 2.24) is 10.2 Å². The van der Waals surface area contributed by atoms with E-state index in [0.29, 0.717) is 19.5 Å². The van der Waals surface area contributed by atoms with E-state index in [2.05, 4.69) is 12.2 Å². The third-order valence-corrected chi connectivity index (χ3v) is 5.51. The molecule has 8 heteroatoms. The first-order valence-electron chi connectivity index (χ1n) is 8.98. The molecule has 1 saturated heterocycles. The molecule has 144 valence electrons. The van der Waals surface area contributed by atoms with Crippen LogP contribution < -0.4 is 10.5 Å². The van der Waals surface area contributed by atoms with Gasteiger partial charge in [-0.15, -0.1) is 0 Å². The molecule has 1 unspecified atom stereocenters. The van der Waals surface area contributed by atoms with Crippen molar-refractivity contribution in [1.29, 1.82) is 0 Å². The number of nitrogens with two attached hydrogens (primary N) is 1. The van der Waals surface area contributed by atoms with Crippen LogP contribution in [0.5, 0.6) is 0 Å². The van der Waals surface area contributed by atoms with Crippen molar-refractivity contribution in [3.8, 4) is 0 Å². The fourth-order valence-electron chi connectivity index (χ4n) is 3.04. The molecule has 0 radical (unpaired) electrons. The molecule has 1 heterocycles. The minimum atomic E-state index is -3.69. The number of benzene rings is 1. The highest BCUT2D eigenvalue weighted by atomic mass is 32.2. The number of rotatable bonds is 9. The van der Waals surface area contributed by atoms with E-state index in [1.165, 1.54) is 12.1 Å². The molecule has 3 N–H and O–H groups in total. The van der Waals surface area contributed by atoms with Crippen molar-refractivity contribution in [2.75, 3.05) is 19.6 Å². The number of amides is 2. The van der Waals surface area contributed by atoms with Gasteiger partial charge in [0.25, 0.3) is 0 Å². The summed E-state index contributed by atoms with van der Waals surface area (Å²) in [6.45, 7) is 3.78. The zero-order valence-electron chi connectivity index (χ0n) is 15.1. The highest BCUT2D eigenvalue weighted by molar-refractivity contribution is 7.89. The minimum absolute atomic E-state index is 0.0554. The van der Waals surface area contributed by atoms with E-state index in [1.54, 1.807) is 17.0 Å². The molecule has 26 heavy (non-hydrogen) atoms. The van der Waals surface area contributed by atoms with E-state index in [-0.39, 0.29) is 29.0 Å². The summed E-state index contributed by atoms with van der Waals surface area (Å²) in [7, 11) is -3.69. The molecule has 1 atom stereocenters. The fourth-order valence-corrected chi connectivity index (χ4v) is 3.55. The van der Waals surface area contributed by atoms with Gasteiger partial charge in [0.05, 0.1) is 10.8 Å². The van der Waals surface area contributed by atoms with Gasteiger partial charge >= 0.3 is 0 Å². The van der Waals surface area contributed by atoms with Gasteiger partial charge in [-0.1, -0.05) is 31.9 Å². The summed E-state index contributed by atoms with van der Waals surface area (Å²) in [6.07, 6.45) is 4.03. The Morgan fingerprint density at radius 2 is 1.96 bits per heavy atom. The van der Waals surface area contributed by atoms with Gasteiger partial charge in [0, 0.05) is 26.1 Å². The number of sulfonamides is 1. The number of nitrogens with zero attached hydrogens (tertiary/aromatic N) is 1. The van der Waals surface area contributed by atoms with Crippen LogP contribution in [0.4, 0.5) is 0 Å². The first-order chi connectivity index (χ1) is 12.3. The smallest absolute Gasteiger partial charge is 0.238 e. The second kappa shape index (κ2) is 9.14. The second-order valence-corrected chi connectivity index (χ2v) is 8.24. The van der Waals surface area contributed by atoms with Gasteiger partial charge in [0.15, 0.2) is 0 Å². The summed E-state index contributed by atoms with van der Waals surface area (Å²) in [5.74, 6) is -0.328. The molecule has 2 amide bonds. The number of hydrogen-bond acceptors (Lipinski definition) is 4. The minimum Gasteiger partial charge on any atom is -0.355 e. The number of primary sulfonamides is 1. The monoisotopic (exact) mass is 381 g/mol. The van der Waals surface area contributed by atoms with Gasteiger partial charge in [0.1, 0.15) is 0 Å². The summed E-state index contributed by atoms with van der Waals surface area (Å²) in [6, 6.07) is 6.27. The summed E-state index contributed by atoms with van der Waals surface area (Å²) < 4.78 is 22.4.